The summed E-state index contributed by atoms with van der Waals surface area (Å²) in [6.07, 6.45) is 6.99. The monoisotopic (exact) mass is 249 g/mol. The highest BCUT2D eigenvalue weighted by atomic mass is 19.1. The molecule has 2 rings (SSSR count). The summed E-state index contributed by atoms with van der Waals surface area (Å²) >= 11 is 0. The zero-order valence-electron chi connectivity index (χ0n) is 11.5. The maximum absolute atomic E-state index is 13.6. The van der Waals surface area contributed by atoms with Crippen molar-refractivity contribution in [2.24, 2.45) is 0 Å². The third-order valence-electron chi connectivity index (χ3n) is 3.94. The van der Waals surface area contributed by atoms with Crippen molar-refractivity contribution in [2.75, 3.05) is 0 Å². The van der Waals surface area contributed by atoms with Crippen molar-refractivity contribution in [2.45, 2.75) is 64.5 Å². The Morgan fingerprint density at radius 3 is 3.00 bits per heavy atom. The predicted molar refractivity (Wildman–Crippen MR) is 74.2 cm³/mol. The van der Waals surface area contributed by atoms with Crippen LogP contribution in [0.4, 0.5) is 4.39 Å². The lowest BCUT2D eigenvalue weighted by Gasteiger charge is -2.20. The second-order valence-electron chi connectivity index (χ2n) is 5.46. The SMILES string of the molecule is CCCCCC(C)NC1CCc2c(F)cccc21. The van der Waals surface area contributed by atoms with Crippen molar-refractivity contribution in [3.63, 3.8) is 0 Å². The molecule has 1 aromatic carbocycles. The molecule has 1 aromatic rings. The van der Waals surface area contributed by atoms with E-state index in [-0.39, 0.29) is 5.82 Å². The number of nitrogens with one attached hydrogen (secondary N) is 1. The Hall–Kier alpha value is -0.890. The quantitative estimate of drug-likeness (QED) is 0.738. The molecule has 18 heavy (non-hydrogen) atoms. The fourth-order valence-corrected chi connectivity index (χ4v) is 2.91. The van der Waals surface area contributed by atoms with Crippen molar-refractivity contribution in [1.82, 2.24) is 5.32 Å². The number of hydrogen-bond acceptors (Lipinski definition) is 1. The van der Waals surface area contributed by atoms with E-state index in [1.807, 2.05) is 6.07 Å². The molecule has 2 heteroatoms. The van der Waals surface area contributed by atoms with E-state index in [0.29, 0.717) is 12.1 Å². The number of halogens is 1. The molecule has 0 aromatic heterocycles. The van der Waals surface area contributed by atoms with Crippen LogP contribution in [-0.4, -0.2) is 6.04 Å². The van der Waals surface area contributed by atoms with Crippen LogP contribution in [0.15, 0.2) is 18.2 Å². The van der Waals surface area contributed by atoms with Crippen molar-refractivity contribution >= 4 is 0 Å². The van der Waals surface area contributed by atoms with Gasteiger partial charge < -0.3 is 5.32 Å². The van der Waals surface area contributed by atoms with Crippen LogP contribution < -0.4 is 5.32 Å². The number of hydrogen-bond donors (Lipinski definition) is 1. The minimum Gasteiger partial charge on any atom is -0.307 e. The van der Waals surface area contributed by atoms with E-state index in [1.165, 1.54) is 31.2 Å². The van der Waals surface area contributed by atoms with Gasteiger partial charge in [0, 0.05) is 12.1 Å². The summed E-state index contributed by atoms with van der Waals surface area (Å²) in [4.78, 5) is 0. The summed E-state index contributed by atoms with van der Waals surface area (Å²) in [5, 5.41) is 3.65. The molecule has 0 saturated carbocycles. The lowest BCUT2D eigenvalue weighted by atomic mass is 10.1. The number of benzene rings is 1. The van der Waals surface area contributed by atoms with Gasteiger partial charge in [0.15, 0.2) is 0 Å². The molecular weight excluding hydrogens is 225 g/mol. The zero-order chi connectivity index (χ0) is 13.0. The predicted octanol–water partition coefficient (Wildman–Crippen LogP) is 4.37. The molecule has 0 heterocycles. The van der Waals surface area contributed by atoms with E-state index in [0.717, 1.165) is 18.4 Å². The van der Waals surface area contributed by atoms with Gasteiger partial charge in [-0.25, -0.2) is 4.39 Å². The first-order valence-corrected chi connectivity index (χ1v) is 7.25. The zero-order valence-corrected chi connectivity index (χ0v) is 11.5. The van der Waals surface area contributed by atoms with Gasteiger partial charge in [-0.3, -0.25) is 0 Å². The molecular formula is C16H24FN. The highest BCUT2D eigenvalue weighted by Crippen LogP contribution is 2.33. The lowest BCUT2D eigenvalue weighted by Crippen LogP contribution is -2.29. The molecule has 1 nitrogen and oxygen atoms in total. The summed E-state index contributed by atoms with van der Waals surface area (Å²) in [5.74, 6) is -0.0320. The van der Waals surface area contributed by atoms with Gasteiger partial charge in [0.1, 0.15) is 5.82 Å². The molecule has 0 amide bonds. The second-order valence-corrected chi connectivity index (χ2v) is 5.46. The van der Waals surface area contributed by atoms with Crippen molar-refractivity contribution in [3.05, 3.63) is 35.1 Å². The molecule has 0 saturated heterocycles. The lowest BCUT2D eigenvalue weighted by molar-refractivity contribution is 0.421. The van der Waals surface area contributed by atoms with Crippen LogP contribution in [0.25, 0.3) is 0 Å². The van der Waals surface area contributed by atoms with Crippen molar-refractivity contribution < 1.29 is 4.39 Å². The van der Waals surface area contributed by atoms with Gasteiger partial charge in [-0.05, 0) is 43.4 Å². The van der Waals surface area contributed by atoms with E-state index in [1.54, 1.807) is 6.07 Å². The average Bonchev–Trinajstić information content (AvgIpc) is 2.74. The first kappa shape index (κ1) is 13.5. The number of rotatable bonds is 6. The van der Waals surface area contributed by atoms with Gasteiger partial charge >= 0.3 is 0 Å². The first-order chi connectivity index (χ1) is 8.72. The fourth-order valence-electron chi connectivity index (χ4n) is 2.91. The molecule has 0 radical (unpaired) electrons. The van der Waals surface area contributed by atoms with Gasteiger partial charge in [-0.2, -0.15) is 0 Å². The summed E-state index contributed by atoms with van der Waals surface area (Å²) in [6.45, 7) is 4.47. The normalized spacial score (nSPS) is 19.8. The van der Waals surface area contributed by atoms with Gasteiger partial charge in [-0.1, -0.05) is 38.3 Å². The minimum atomic E-state index is -0.0320. The van der Waals surface area contributed by atoms with Gasteiger partial charge in [0.25, 0.3) is 0 Å². The molecule has 0 bridgehead atoms. The van der Waals surface area contributed by atoms with Crippen molar-refractivity contribution in [1.29, 1.82) is 0 Å². The van der Waals surface area contributed by atoms with E-state index >= 15 is 0 Å². The second kappa shape index (κ2) is 6.33. The Morgan fingerprint density at radius 1 is 1.39 bits per heavy atom. The minimum absolute atomic E-state index is 0.0320. The van der Waals surface area contributed by atoms with Crippen LogP contribution in [0.3, 0.4) is 0 Å². The van der Waals surface area contributed by atoms with E-state index < -0.39 is 0 Å². The molecule has 1 aliphatic carbocycles. The van der Waals surface area contributed by atoms with E-state index in [4.69, 9.17) is 0 Å². The molecule has 2 unspecified atom stereocenters. The van der Waals surface area contributed by atoms with Gasteiger partial charge in [0.05, 0.1) is 0 Å². The van der Waals surface area contributed by atoms with E-state index in [9.17, 15) is 4.39 Å². The largest absolute Gasteiger partial charge is 0.307 e. The molecule has 1 aliphatic rings. The van der Waals surface area contributed by atoms with Crippen LogP contribution in [0.2, 0.25) is 0 Å². The Balaban J connectivity index is 1.91. The first-order valence-electron chi connectivity index (χ1n) is 7.25. The molecule has 0 aliphatic heterocycles. The Bertz CT molecular complexity index is 389. The average molecular weight is 249 g/mol. The maximum atomic E-state index is 13.6. The topological polar surface area (TPSA) is 12.0 Å². The van der Waals surface area contributed by atoms with E-state index in [2.05, 4.69) is 25.2 Å². The molecule has 2 atom stereocenters. The summed E-state index contributed by atoms with van der Waals surface area (Å²) in [5.41, 5.74) is 2.10. The van der Waals surface area contributed by atoms with Crippen LogP contribution >= 0.6 is 0 Å². The fraction of sp³-hybridized carbons (Fsp3) is 0.625. The van der Waals surface area contributed by atoms with Crippen molar-refractivity contribution in [3.8, 4) is 0 Å². The van der Waals surface area contributed by atoms with Gasteiger partial charge in [0.2, 0.25) is 0 Å². The Kier molecular flexibility index (Phi) is 4.76. The summed E-state index contributed by atoms with van der Waals surface area (Å²) < 4.78 is 13.6. The maximum Gasteiger partial charge on any atom is 0.126 e. The highest BCUT2D eigenvalue weighted by molar-refractivity contribution is 5.35. The summed E-state index contributed by atoms with van der Waals surface area (Å²) in [6, 6.07) is 6.35. The number of fused-ring (bicyclic) bond motifs is 1. The molecule has 1 N–H and O–H groups in total. The Labute approximate surface area is 110 Å². The molecule has 100 valence electrons. The molecule has 0 fully saturated rings. The summed E-state index contributed by atoms with van der Waals surface area (Å²) in [7, 11) is 0. The van der Waals surface area contributed by atoms with Crippen LogP contribution in [-0.2, 0) is 6.42 Å². The van der Waals surface area contributed by atoms with Crippen LogP contribution in [0, 0.1) is 5.82 Å². The highest BCUT2D eigenvalue weighted by Gasteiger charge is 2.25. The molecule has 0 spiro atoms. The van der Waals surface area contributed by atoms with Crippen LogP contribution in [0.1, 0.15) is 63.1 Å². The third-order valence-corrected chi connectivity index (χ3v) is 3.94. The Morgan fingerprint density at radius 2 is 2.22 bits per heavy atom. The third kappa shape index (κ3) is 3.11. The smallest absolute Gasteiger partial charge is 0.126 e. The van der Waals surface area contributed by atoms with Crippen LogP contribution in [0.5, 0.6) is 0 Å². The van der Waals surface area contributed by atoms with Gasteiger partial charge in [-0.15, -0.1) is 0 Å². The standard InChI is InChI=1S/C16H24FN/c1-3-4-5-7-12(2)18-16-11-10-13-14(16)8-6-9-15(13)17/h6,8-9,12,16,18H,3-5,7,10-11H2,1-2H3. The number of unbranched alkanes of at least 4 members (excludes halogenated alkanes) is 2.